The summed E-state index contributed by atoms with van der Waals surface area (Å²) < 4.78 is 26.5. The zero-order chi connectivity index (χ0) is 17.8. The van der Waals surface area contributed by atoms with Crippen molar-refractivity contribution in [2.45, 2.75) is 19.9 Å². The van der Waals surface area contributed by atoms with Crippen molar-refractivity contribution in [1.82, 2.24) is 9.97 Å². The normalized spacial score (nSPS) is 10.8. The van der Waals surface area contributed by atoms with Crippen LogP contribution < -0.4 is 10.6 Å². The molecule has 0 saturated carbocycles. The van der Waals surface area contributed by atoms with Gasteiger partial charge in [0.05, 0.1) is 5.69 Å². The van der Waals surface area contributed by atoms with E-state index < -0.39 is 11.6 Å². The molecule has 0 fully saturated rings. The zero-order valence-electron chi connectivity index (χ0n) is 13.9. The van der Waals surface area contributed by atoms with E-state index in [0.717, 1.165) is 23.4 Å². The third-order valence-electron chi connectivity index (χ3n) is 3.41. The first kappa shape index (κ1) is 16.8. The molecule has 3 rings (SSSR count). The Morgan fingerprint density at radius 3 is 2.32 bits per heavy atom. The standard InChI is InChI=1S/C19H18F2N4/c1-12(2)22-19-24-17(13-6-4-3-5-7-13)11-18(25-19)23-14-8-9-15(20)16(21)10-14/h3-12H,1-2H3,(H2,22,23,24,25). The average molecular weight is 340 g/mol. The Morgan fingerprint density at radius 2 is 1.64 bits per heavy atom. The van der Waals surface area contributed by atoms with Crippen LogP contribution in [0.25, 0.3) is 11.3 Å². The van der Waals surface area contributed by atoms with Crippen LogP contribution in [0.5, 0.6) is 0 Å². The minimum absolute atomic E-state index is 0.155. The molecular formula is C19H18F2N4. The summed E-state index contributed by atoms with van der Waals surface area (Å²) in [5, 5.41) is 6.16. The SMILES string of the molecule is CC(C)Nc1nc(Nc2ccc(F)c(F)c2)cc(-c2ccccc2)n1. The van der Waals surface area contributed by atoms with Gasteiger partial charge in [0.25, 0.3) is 0 Å². The summed E-state index contributed by atoms with van der Waals surface area (Å²) in [6, 6.07) is 15.2. The fraction of sp³-hybridized carbons (Fsp3) is 0.158. The van der Waals surface area contributed by atoms with Crippen LogP contribution in [0, 0.1) is 11.6 Å². The van der Waals surface area contributed by atoms with Crippen LogP contribution in [0.3, 0.4) is 0 Å². The molecule has 0 bridgehead atoms. The van der Waals surface area contributed by atoms with Gasteiger partial charge in [-0.05, 0) is 26.0 Å². The van der Waals surface area contributed by atoms with Gasteiger partial charge in [0.2, 0.25) is 5.95 Å². The summed E-state index contributed by atoms with van der Waals surface area (Å²) in [6.07, 6.45) is 0. The second kappa shape index (κ2) is 7.25. The first-order chi connectivity index (χ1) is 12.0. The van der Waals surface area contributed by atoms with Crippen molar-refractivity contribution in [2.75, 3.05) is 10.6 Å². The maximum absolute atomic E-state index is 13.4. The van der Waals surface area contributed by atoms with Gasteiger partial charge in [-0.25, -0.2) is 13.8 Å². The number of nitrogens with one attached hydrogen (secondary N) is 2. The van der Waals surface area contributed by atoms with Crippen molar-refractivity contribution in [3.05, 3.63) is 66.2 Å². The Morgan fingerprint density at radius 1 is 0.880 bits per heavy atom. The maximum atomic E-state index is 13.4. The molecule has 0 aliphatic heterocycles. The molecule has 0 unspecified atom stereocenters. The van der Waals surface area contributed by atoms with Gasteiger partial charge in [-0.2, -0.15) is 4.98 Å². The monoisotopic (exact) mass is 340 g/mol. The Kier molecular flexibility index (Phi) is 4.88. The molecule has 0 aliphatic rings. The Labute approximate surface area is 145 Å². The number of anilines is 3. The van der Waals surface area contributed by atoms with E-state index in [1.54, 1.807) is 6.07 Å². The molecule has 128 valence electrons. The minimum Gasteiger partial charge on any atom is -0.352 e. The first-order valence-corrected chi connectivity index (χ1v) is 7.94. The second-order valence-corrected chi connectivity index (χ2v) is 5.88. The molecule has 4 nitrogen and oxygen atoms in total. The van der Waals surface area contributed by atoms with Crippen LogP contribution in [-0.4, -0.2) is 16.0 Å². The Balaban J connectivity index is 1.98. The summed E-state index contributed by atoms with van der Waals surface area (Å²) >= 11 is 0. The molecule has 0 amide bonds. The number of rotatable bonds is 5. The third-order valence-corrected chi connectivity index (χ3v) is 3.41. The van der Waals surface area contributed by atoms with Gasteiger partial charge in [-0.3, -0.25) is 0 Å². The predicted molar refractivity (Wildman–Crippen MR) is 95.9 cm³/mol. The molecule has 1 heterocycles. The van der Waals surface area contributed by atoms with Crippen LogP contribution in [0.4, 0.5) is 26.2 Å². The number of benzene rings is 2. The van der Waals surface area contributed by atoms with Crippen LogP contribution in [0.2, 0.25) is 0 Å². The molecule has 0 saturated heterocycles. The lowest BCUT2D eigenvalue weighted by molar-refractivity contribution is 0.509. The third kappa shape index (κ3) is 4.29. The highest BCUT2D eigenvalue weighted by molar-refractivity contribution is 5.67. The van der Waals surface area contributed by atoms with Crippen molar-refractivity contribution >= 4 is 17.5 Å². The Bertz CT molecular complexity index is 867. The van der Waals surface area contributed by atoms with E-state index in [4.69, 9.17) is 0 Å². The second-order valence-electron chi connectivity index (χ2n) is 5.88. The van der Waals surface area contributed by atoms with Gasteiger partial charge in [0, 0.05) is 29.4 Å². The molecule has 0 atom stereocenters. The summed E-state index contributed by atoms with van der Waals surface area (Å²) in [4.78, 5) is 8.92. The van der Waals surface area contributed by atoms with Gasteiger partial charge in [0.1, 0.15) is 5.82 Å². The van der Waals surface area contributed by atoms with Gasteiger partial charge < -0.3 is 10.6 Å². The highest BCUT2D eigenvalue weighted by Crippen LogP contribution is 2.24. The molecule has 25 heavy (non-hydrogen) atoms. The lowest BCUT2D eigenvalue weighted by Crippen LogP contribution is -2.13. The van der Waals surface area contributed by atoms with Crippen molar-refractivity contribution in [2.24, 2.45) is 0 Å². The fourth-order valence-corrected chi connectivity index (χ4v) is 2.31. The number of hydrogen-bond donors (Lipinski definition) is 2. The number of nitrogens with zero attached hydrogens (tertiary/aromatic N) is 2. The highest BCUT2D eigenvalue weighted by atomic mass is 19.2. The molecule has 0 aliphatic carbocycles. The average Bonchev–Trinajstić information content (AvgIpc) is 2.58. The van der Waals surface area contributed by atoms with E-state index in [-0.39, 0.29) is 6.04 Å². The van der Waals surface area contributed by atoms with Gasteiger partial charge in [-0.1, -0.05) is 30.3 Å². The van der Waals surface area contributed by atoms with Crippen LogP contribution >= 0.6 is 0 Å². The highest BCUT2D eigenvalue weighted by Gasteiger charge is 2.09. The summed E-state index contributed by atoms with van der Waals surface area (Å²) in [6.45, 7) is 3.97. The van der Waals surface area contributed by atoms with E-state index in [2.05, 4.69) is 20.6 Å². The van der Waals surface area contributed by atoms with Gasteiger partial charge >= 0.3 is 0 Å². The van der Waals surface area contributed by atoms with Crippen molar-refractivity contribution in [1.29, 1.82) is 0 Å². The topological polar surface area (TPSA) is 49.8 Å². The minimum atomic E-state index is -0.914. The van der Waals surface area contributed by atoms with E-state index in [9.17, 15) is 8.78 Å². The summed E-state index contributed by atoms with van der Waals surface area (Å²) in [5.41, 5.74) is 2.07. The van der Waals surface area contributed by atoms with Crippen LogP contribution in [-0.2, 0) is 0 Å². The van der Waals surface area contributed by atoms with E-state index in [1.807, 2.05) is 44.2 Å². The predicted octanol–water partition coefficient (Wildman–Crippen LogP) is 4.99. The molecule has 1 aromatic heterocycles. The number of hydrogen-bond acceptors (Lipinski definition) is 4. The molecule has 3 aromatic rings. The number of halogens is 2. The summed E-state index contributed by atoms with van der Waals surface area (Å²) in [5.74, 6) is -0.854. The van der Waals surface area contributed by atoms with E-state index >= 15 is 0 Å². The molecule has 2 N–H and O–H groups in total. The maximum Gasteiger partial charge on any atom is 0.225 e. The van der Waals surface area contributed by atoms with Crippen molar-refractivity contribution in [3.63, 3.8) is 0 Å². The molecule has 0 spiro atoms. The fourth-order valence-electron chi connectivity index (χ4n) is 2.31. The van der Waals surface area contributed by atoms with Crippen LogP contribution in [0.15, 0.2) is 54.6 Å². The van der Waals surface area contributed by atoms with Gasteiger partial charge in [0.15, 0.2) is 11.6 Å². The van der Waals surface area contributed by atoms with E-state index in [0.29, 0.717) is 17.5 Å². The lowest BCUT2D eigenvalue weighted by atomic mass is 10.1. The molecular weight excluding hydrogens is 322 g/mol. The largest absolute Gasteiger partial charge is 0.352 e. The van der Waals surface area contributed by atoms with Crippen molar-refractivity contribution in [3.8, 4) is 11.3 Å². The Hall–Kier alpha value is -3.02. The quantitative estimate of drug-likeness (QED) is 0.687. The smallest absolute Gasteiger partial charge is 0.225 e. The first-order valence-electron chi connectivity index (χ1n) is 7.94. The molecule has 6 heteroatoms. The molecule has 0 radical (unpaired) electrons. The zero-order valence-corrected chi connectivity index (χ0v) is 13.9. The lowest BCUT2D eigenvalue weighted by Gasteiger charge is -2.13. The van der Waals surface area contributed by atoms with Crippen molar-refractivity contribution < 1.29 is 8.78 Å². The van der Waals surface area contributed by atoms with Crippen LogP contribution in [0.1, 0.15) is 13.8 Å². The van der Waals surface area contributed by atoms with Gasteiger partial charge in [-0.15, -0.1) is 0 Å². The molecule has 2 aromatic carbocycles. The van der Waals surface area contributed by atoms with E-state index in [1.165, 1.54) is 6.07 Å². The summed E-state index contributed by atoms with van der Waals surface area (Å²) in [7, 11) is 0. The number of aromatic nitrogens is 2.